The van der Waals surface area contributed by atoms with Gasteiger partial charge in [-0.05, 0) is 62.8 Å². The van der Waals surface area contributed by atoms with Crippen molar-refractivity contribution < 1.29 is 0 Å². The van der Waals surface area contributed by atoms with Crippen LogP contribution in [0.3, 0.4) is 0 Å². The van der Waals surface area contributed by atoms with E-state index in [9.17, 15) is 0 Å². The molecule has 0 aromatic heterocycles. The highest BCUT2D eigenvalue weighted by Gasteiger charge is 2.41. The molecule has 2 atom stereocenters. The first-order valence-electron chi connectivity index (χ1n) is 9.76. The third kappa shape index (κ3) is 2.92. The molecule has 3 rings (SSSR count). The van der Waals surface area contributed by atoms with E-state index in [2.05, 4.69) is 64.2 Å². The normalized spacial score (nSPS) is 28.0. The number of anilines is 2. The van der Waals surface area contributed by atoms with Gasteiger partial charge in [0, 0.05) is 22.2 Å². The van der Waals surface area contributed by atoms with Crippen LogP contribution in [0.15, 0.2) is 59.7 Å². The van der Waals surface area contributed by atoms with Gasteiger partial charge in [-0.2, -0.15) is 0 Å². The van der Waals surface area contributed by atoms with Gasteiger partial charge in [0.1, 0.15) is 0 Å². The number of hydrogen-bond acceptors (Lipinski definition) is 2. The molecule has 0 radical (unpaired) electrons. The molecule has 2 heteroatoms. The number of nitrogens with two attached hydrogens (primary N) is 2. The first-order chi connectivity index (χ1) is 12.4. The van der Waals surface area contributed by atoms with Gasteiger partial charge in [-0.3, -0.25) is 0 Å². The van der Waals surface area contributed by atoms with Crippen LogP contribution >= 0.6 is 0 Å². The second-order valence-corrected chi connectivity index (χ2v) is 8.11. The van der Waals surface area contributed by atoms with Crippen LogP contribution in [0.5, 0.6) is 0 Å². The highest BCUT2D eigenvalue weighted by Crippen LogP contribution is 2.51. The maximum atomic E-state index is 6.63. The molecule has 0 saturated heterocycles. The lowest BCUT2D eigenvalue weighted by Gasteiger charge is -2.42. The summed E-state index contributed by atoms with van der Waals surface area (Å²) in [6.07, 6.45) is 17.5. The summed E-state index contributed by atoms with van der Waals surface area (Å²) >= 11 is 0. The van der Waals surface area contributed by atoms with Gasteiger partial charge in [0.15, 0.2) is 0 Å². The molecule has 0 heterocycles. The first kappa shape index (κ1) is 18.6. The van der Waals surface area contributed by atoms with E-state index in [1.54, 1.807) is 0 Å². The van der Waals surface area contributed by atoms with Gasteiger partial charge in [0.25, 0.3) is 0 Å². The van der Waals surface area contributed by atoms with E-state index in [1.165, 1.54) is 22.3 Å². The summed E-state index contributed by atoms with van der Waals surface area (Å²) in [4.78, 5) is 0. The number of rotatable bonds is 4. The van der Waals surface area contributed by atoms with Crippen molar-refractivity contribution in [3.8, 4) is 0 Å². The van der Waals surface area contributed by atoms with Gasteiger partial charge >= 0.3 is 0 Å². The van der Waals surface area contributed by atoms with E-state index in [4.69, 9.17) is 11.5 Å². The summed E-state index contributed by atoms with van der Waals surface area (Å²) in [5, 5.41) is 0. The molecular weight excluding hydrogens is 316 g/mol. The Kier molecular flexibility index (Phi) is 4.88. The molecule has 2 nitrogen and oxygen atoms in total. The zero-order valence-electron chi connectivity index (χ0n) is 16.6. The molecule has 2 aliphatic carbocycles. The molecule has 4 N–H and O–H groups in total. The molecule has 0 amide bonds. The minimum absolute atomic E-state index is 0.0846. The standard InChI is InChI=1S/C24H32N2/c1-5-23(13-7-9-17(3)15-23)21-19(25)11-12-20(26)22(21)24(6-2)14-8-10-18(4)16-24/h7-14H,5-6,15-16,25-26H2,1-4H3. The summed E-state index contributed by atoms with van der Waals surface area (Å²) in [6, 6.07) is 3.98. The van der Waals surface area contributed by atoms with E-state index in [1.807, 2.05) is 12.1 Å². The monoisotopic (exact) mass is 348 g/mol. The SMILES string of the molecule is CCC1(c2c(N)ccc(N)c2C2(CC)C=CC=C(C)C2)C=CC=C(C)C1. The summed E-state index contributed by atoms with van der Waals surface area (Å²) in [5.41, 5.74) is 20.1. The van der Waals surface area contributed by atoms with E-state index in [-0.39, 0.29) is 10.8 Å². The van der Waals surface area contributed by atoms with Crippen molar-refractivity contribution in [3.05, 3.63) is 70.9 Å². The van der Waals surface area contributed by atoms with Crippen LogP contribution in [0.1, 0.15) is 64.5 Å². The van der Waals surface area contributed by atoms with Crippen LogP contribution in [-0.4, -0.2) is 0 Å². The summed E-state index contributed by atoms with van der Waals surface area (Å²) in [7, 11) is 0. The van der Waals surface area contributed by atoms with Crippen molar-refractivity contribution >= 4 is 11.4 Å². The molecule has 2 aliphatic rings. The van der Waals surface area contributed by atoms with E-state index in [0.717, 1.165) is 37.1 Å². The molecule has 0 spiro atoms. The van der Waals surface area contributed by atoms with Gasteiger partial charge in [-0.25, -0.2) is 0 Å². The molecule has 1 aromatic carbocycles. The third-order valence-corrected chi connectivity index (χ3v) is 6.31. The highest BCUT2D eigenvalue weighted by atomic mass is 14.6. The molecule has 1 aromatic rings. The Morgan fingerprint density at radius 1 is 0.769 bits per heavy atom. The molecule has 0 aliphatic heterocycles. The lowest BCUT2D eigenvalue weighted by molar-refractivity contribution is 0.460. The predicted octanol–water partition coefficient (Wildman–Crippen LogP) is 5.96. The molecule has 0 fully saturated rings. The summed E-state index contributed by atoms with van der Waals surface area (Å²) in [6.45, 7) is 8.93. The summed E-state index contributed by atoms with van der Waals surface area (Å²) < 4.78 is 0. The smallest absolute Gasteiger partial charge is 0.0360 e. The second kappa shape index (κ2) is 6.83. The lowest BCUT2D eigenvalue weighted by atomic mass is 9.62. The Morgan fingerprint density at radius 2 is 1.15 bits per heavy atom. The molecule has 0 saturated carbocycles. The first-order valence-corrected chi connectivity index (χ1v) is 9.76. The Hall–Kier alpha value is -2.22. The van der Waals surface area contributed by atoms with Crippen LogP contribution in [0.2, 0.25) is 0 Å². The minimum atomic E-state index is -0.0846. The largest absolute Gasteiger partial charge is 0.398 e. The maximum absolute atomic E-state index is 6.63. The average Bonchev–Trinajstić information content (AvgIpc) is 2.63. The summed E-state index contributed by atoms with van der Waals surface area (Å²) in [5.74, 6) is 0. The van der Waals surface area contributed by atoms with E-state index in [0.29, 0.717) is 0 Å². The van der Waals surface area contributed by atoms with Crippen LogP contribution < -0.4 is 11.5 Å². The fraction of sp³-hybridized carbons (Fsp3) is 0.417. The van der Waals surface area contributed by atoms with Crippen molar-refractivity contribution in [2.75, 3.05) is 11.5 Å². The van der Waals surface area contributed by atoms with Crippen LogP contribution in [0.4, 0.5) is 11.4 Å². The third-order valence-electron chi connectivity index (χ3n) is 6.31. The zero-order chi connectivity index (χ0) is 18.9. The van der Waals surface area contributed by atoms with Gasteiger partial charge in [-0.1, -0.05) is 61.4 Å². The van der Waals surface area contributed by atoms with Gasteiger partial charge < -0.3 is 11.5 Å². The van der Waals surface area contributed by atoms with E-state index >= 15 is 0 Å². The van der Waals surface area contributed by atoms with Gasteiger partial charge in [0.05, 0.1) is 0 Å². The van der Waals surface area contributed by atoms with Crippen LogP contribution in [0.25, 0.3) is 0 Å². The Bertz CT molecular complexity index is 756. The van der Waals surface area contributed by atoms with Crippen molar-refractivity contribution in [1.29, 1.82) is 0 Å². The zero-order valence-corrected chi connectivity index (χ0v) is 16.6. The fourth-order valence-electron chi connectivity index (χ4n) is 4.91. The number of nitrogen functional groups attached to an aromatic ring is 2. The predicted molar refractivity (Wildman–Crippen MR) is 114 cm³/mol. The molecular formula is C24H32N2. The number of hydrogen-bond donors (Lipinski definition) is 2. The molecule has 26 heavy (non-hydrogen) atoms. The molecule has 2 unspecified atom stereocenters. The van der Waals surface area contributed by atoms with Crippen molar-refractivity contribution in [3.63, 3.8) is 0 Å². The average molecular weight is 349 g/mol. The topological polar surface area (TPSA) is 52.0 Å². The van der Waals surface area contributed by atoms with Gasteiger partial charge in [-0.15, -0.1) is 0 Å². The maximum Gasteiger partial charge on any atom is 0.0360 e. The van der Waals surface area contributed by atoms with Crippen LogP contribution in [0, 0.1) is 0 Å². The highest BCUT2D eigenvalue weighted by molar-refractivity contribution is 5.70. The Balaban J connectivity index is 2.30. The quantitative estimate of drug-likeness (QED) is 0.660. The Morgan fingerprint density at radius 3 is 1.46 bits per heavy atom. The second-order valence-electron chi connectivity index (χ2n) is 8.11. The molecule has 0 bridgehead atoms. The van der Waals surface area contributed by atoms with Crippen molar-refractivity contribution in [2.45, 2.75) is 64.2 Å². The Labute approximate surface area is 158 Å². The number of allylic oxidation sites excluding steroid dienone is 8. The van der Waals surface area contributed by atoms with Crippen LogP contribution in [-0.2, 0) is 10.8 Å². The van der Waals surface area contributed by atoms with Crippen molar-refractivity contribution in [1.82, 2.24) is 0 Å². The minimum Gasteiger partial charge on any atom is -0.398 e. The lowest BCUT2D eigenvalue weighted by Crippen LogP contribution is -2.34. The van der Waals surface area contributed by atoms with E-state index < -0.39 is 0 Å². The van der Waals surface area contributed by atoms with Gasteiger partial charge in [0.2, 0.25) is 0 Å². The van der Waals surface area contributed by atoms with Crippen molar-refractivity contribution in [2.24, 2.45) is 0 Å². The fourth-order valence-corrected chi connectivity index (χ4v) is 4.91. The molecule has 138 valence electrons. The number of benzene rings is 1.